The Hall–Kier alpha value is -1.87. The first-order chi connectivity index (χ1) is 8.72. The minimum Gasteiger partial charge on any atom is -0.489 e. The van der Waals surface area contributed by atoms with Crippen LogP contribution in [0.15, 0.2) is 42.5 Å². The third kappa shape index (κ3) is 2.68. The minimum absolute atomic E-state index is 0.248. The molecule has 0 radical (unpaired) electrons. The highest BCUT2D eigenvalue weighted by atomic mass is 19.1. The van der Waals surface area contributed by atoms with E-state index in [1.165, 1.54) is 6.07 Å². The van der Waals surface area contributed by atoms with Crippen LogP contribution in [0, 0.1) is 12.7 Å². The number of rotatable bonds is 4. The van der Waals surface area contributed by atoms with Crippen LogP contribution in [0.2, 0.25) is 0 Å². The molecule has 0 atom stereocenters. The number of benzene rings is 2. The van der Waals surface area contributed by atoms with Gasteiger partial charge in [0, 0.05) is 6.54 Å². The summed E-state index contributed by atoms with van der Waals surface area (Å²) in [6.45, 7) is 2.70. The zero-order valence-corrected chi connectivity index (χ0v) is 10.3. The van der Waals surface area contributed by atoms with Crippen LogP contribution in [0.4, 0.5) is 4.39 Å². The summed E-state index contributed by atoms with van der Waals surface area (Å²) in [6.07, 6.45) is 0. The van der Waals surface area contributed by atoms with E-state index in [0.717, 1.165) is 16.7 Å². The third-order valence-electron chi connectivity index (χ3n) is 2.76. The molecule has 2 rings (SSSR count). The highest BCUT2D eigenvalue weighted by Gasteiger charge is 2.07. The van der Waals surface area contributed by atoms with Crippen molar-refractivity contribution in [3.8, 4) is 16.9 Å². The molecular weight excluding hydrogens is 229 g/mol. The molecule has 94 valence electrons. The molecule has 0 amide bonds. The Bertz CT molecular complexity index is 540. The van der Waals surface area contributed by atoms with Crippen LogP contribution in [0.1, 0.15) is 5.56 Å². The molecule has 18 heavy (non-hydrogen) atoms. The summed E-state index contributed by atoms with van der Waals surface area (Å²) in [5.41, 5.74) is 8.32. The molecule has 0 aliphatic heterocycles. The molecule has 0 fully saturated rings. The number of aryl methyl sites for hydroxylation is 1. The number of halogens is 1. The normalized spacial score (nSPS) is 10.4. The monoisotopic (exact) mass is 245 g/mol. The lowest BCUT2D eigenvalue weighted by atomic mass is 10.0. The second kappa shape index (κ2) is 5.65. The van der Waals surface area contributed by atoms with Crippen LogP contribution in [-0.2, 0) is 0 Å². The molecule has 3 heteroatoms. The molecule has 0 saturated heterocycles. The van der Waals surface area contributed by atoms with Crippen LogP contribution in [0.5, 0.6) is 5.75 Å². The van der Waals surface area contributed by atoms with Crippen LogP contribution in [0.25, 0.3) is 11.1 Å². The molecule has 0 aliphatic carbocycles. The number of hydrogen-bond donors (Lipinski definition) is 1. The maximum Gasteiger partial charge on any atom is 0.165 e. The highest BCUT2D eigenvalue weighted by molar-refractivity contribution is 5.67. The number of nitrogens with two attached hydrogens (primary N) is 1. The third-order valence-corrected chi connectivity index (χ3v) is 2.76. The maximum absolute atomic E-state index is 13.8. The second-order valence-corrected chi connectivity index (χ2v) is 4.10. The van der Waals surface area contributed by atoms with Crippen molar-refractivity contribution in [2.45, 2.75) is 6.92 Å². The van der Waals surface area contributed by atoms with Gasteiger partial charge in [0.05, 0.1) is 0 Å². The van der Waals surface area contributed by atoms with Gasteiger partial charge < -0.3 is 10.5 Å². The van der Waals surface area contributed by atoms with E-state index in [1.54, 1.807) is 6.07 Å². The van der Waals surface area contributed by atoms with Crippen molar-refractivity contribution < 1.29 is 9.13 Å². The van der Waals surface area contributed by atoms with Gasteiger partial charge in [0.1, 0.15) is 6.61 Å². The molecule has 0 saturated carbocycles. The lowest BCUT2D eigenvalue weighted by Crippen LogP contribution is -2.11. The molecule has 0 unspecified atom stereocenters. The summed E-state index contributed by atoms with van der Waals surface area (Å²) in [7, 11) is 0. The van der Waals surface area contributed by atoms with Gasteiger partial charge in [-0.2, -0.15) is 0 Å². The van der Waals surface area contributed by atoms with Gasteiger partial charge in [-0.1, -0.05) is 30.3 Å². The Balaban J connectivity index is 2.32. The highest BCUT2D eigenvalue weighted by Crippen LogP contribution is 2.27. The van der Waals surface area contributed by atoms with E-state index in [9.17, 15) is 4.39 Å². The lowest BCUT2D eigenvalue weighted by molar-refractivity contribution is 0.311. The van der Waals surface area contributed by atoms with Gasteiger partial charge in [0.25, 0.3) is 0 Å². The predicted octanol–water partition coefficient (Wildman–Crippen LogP) is 3.14. The Morgan fingerprint density at radius 1 is 1.17 bits per heavy atom. The van der Waals surface area contributed by atoms with Crippen LogP contribution in [0.3, 0.4) is 0 Å². The zero-order valence-electron chi connectivity index (χ0n) is 10.3. The summed E-state index contributed by atoms with van der Waals surface area (Å²) in [4.78, 5) is 0. The maximum atomic E-state index is 13.8. The van der Waals surface area contributed by atoms with Crippen molar-refractivity contribution >= 4 is 0 Å². The molecule has 0 spiro atoms. The first-order valence-corrected chi connectivity index (χ1v) is 5.91. The fourth-order valence-corrected chi connectivity index (χ4v) is 1.85. The lowest BCUT2D eigenvalue weighted by Gasteiger charge is -2.09. The predicted molar refractivity (Wildman–Crippen MR) is 71.1 cm³/mol. The fraction of sp³-hybridized carbons (Fsp3) is 0.200. The van der Waals surface area contributed by atoms with Gasteiger partial charge in [0.15, 0.2) is 11.6 Å². The van der Waals surface area contributed by atoms with E-state index in [1.807, 2.05) is 37.3 Å². The van der Waals surface area contributed by atoms with Crippen molar-refractivity contribution in [1.29, 1.82) is 0 Å². The Morgan fingerprint density at radius 3 is 2.61 bits per heavy atom. The largest absolute Gasteiger partial charge is 0.489 e. The molecule has 0 heterocycles. The summed E-state index contributed by atoms with van der Waals surface area (Å²) >= 11 is 0. The van der Waals surface area contributed by atoms with Gasteiger partial charge >= 0.3 is 0 Å². The number of ether oxygens (including phenoxy) is 1. The van der Waals surface area contributed by atoms with Gasteiger partial charge in [-0.25, -0.2) is 4.39 Å². The summed E-state index contributed by atoms with van der Waals surface area (Å²) < 4.78 is 19.0. The van der Waals surface area contributed by atoms with Crippen LogP contribution < -0.4 is 10.5 Å². The average molecular weight is 245 g/mol. The van der Waals surface area contributed by atoms with Gasteiger partial charge in [-0.15, -0.1) is 0 Å². The van der Waals surface area contributed by atoms with Crippen LogP contribution >= 0.6 is 0 Å². The molecule has 2 nitrogen and oxygen atoms in total. The molecule has 0 aliphatic rings. The molecular formula is C15H16FNO. The van der Waals surface area contributed by atoms with E-state index in [4.69, 9.17) is 10.5 Å². The second-order valence-electron chi connectivity index (χ2n) is 4.10. The van der Waals surface area contributed by atoms with E-state index in [2.05, 4.69) is 0 Å². The summed E-state index contributed by atoms with van der Waals surface area (Å²) in [6, 6.07) is 12.9. The Labute approximate surface area is 106 Å². The zero-order chi connectivity index (χ0) is 13.0. The van der Waals surface area contributed by atoms with Crippen molar-refractivity contribution in [3.05, 3.63) is 53.8 Å². The Kier molecular flexibility index (Phi) is 3.95. The molecule has 0 bridgehead atoms. The average Bonchev–Trinajstić information content (AvgIpc) is 2.38. The van der Waals surface area contributed by atoms with Gasteiger partial charge in [-0.3, -0.25) is 0 Å². The first kappa shape index (κ1) is 12.6. The molecule has 2 N–H and O–H groups in total. The van der Waals surface area contributed by atoms with Crippen molar-refractivity contribution in [2.24, 2.45) is 5.73 Å². The quantitative estimate of drug-likeness (QED) is 0.898. The molecule has 2 aromatic rings. The van der Waals surface area contributed by atoms with Gasteiger partial charge in [-0.05, 0) is 35.7 Å². The standard InChI is InChI=1S/C15H16FNO/c1-11-4-2-3-5-13(11)12-6-7-15(14(16)10-12)18-9-8-17/h2-7,10H,8-9,17H2,1H3. The van der Waals surface area contributed by atoms with E-state index < -0.39 is 0 Å². The first-order valence-electron chi connectivity index (χ1n) is 5.91. The minimum atomic E-state index is -0.357. The summed E-state index contributed by atoms with van der Waals surface area (Å²) in [5, 5.41) is 0. The van der Waals surface area contributed by atoms with Crippen molar-refractivity contribution in [1.82, 2.24) is 0 Å². The van der Waals surface area contributed by atoms with Gasteiger partial charge in [0.2, 0.25) is 0 Å². The molecule has 2 aromatic carbocycles. The van der Waals surface area contributed by atoms with E-state index in [-0.39, 0.29) is 11.6 Å². The fourth-order valence-electron chi connectivity index (χ4n) is 1.85. The van der Waals surface area contributed by atoms with E-state index in [0.29, 0.717) is 13.2 Å². The molecule has 0 aromatic heterocycles. The topological polar surface area (TPSA) is 35.2 Å². The van der Waals surface area contributed by atoms with Crippen molar-refractivity contribution in [2.75, 3.05) is 13.2 Å². The Morgan fingerprint density at radius 2 is 1.94 bits per heavy atom. The number of hydrogen-bond acceptors (Lipinski definition) is 2. The summed E-state index contributed by atoms with van der Waals surface area (Å²) in [5.74, 6) is -0.109. The smallest absolute Gasteiger partial charge is 0.165 e. The SMILES string of the molecule is Cc1ccccc1-c1ccc(OCCN)c(F)c1. The van der Waals surface area contributed by atoms with Crippen molar-refractivity contribution in [3.63, 3.8) is 0 Å². The van der Waals surface area contributed by atoms with Crippen LogP contribution in [-0.4, -0.2) is 13.2 Å². The van der Waals surface area contributed by atoms with E-state index >= 15 is 0 Å².